The average Bonchev–Trinajstić information content (AvgIpc) is 3.04. The number of nitrogens with one attached hydrogen (secondary N) is 1. The van der Waals surface area contributed by atoms with Crippen LogP contribution in [-0.4, -0.2) is 17.7 Å². The highest BCUT2D eigenvalue weighted by Crippen LogP contribution is 2.44. The Labute approximate surface area is 133 Å². The lowest BCUT2D eigenvalue weighted by atomic mass is 9.95. The molecule has 0 unspecified atom stereocenters. The molecule has 2 aliphatic carbocycles. The van der Waals surface area contributed by atoms with Crippen LogP contribution in [0, 0.1) is 17.7 Å². The predicted molar refractivity (Wildman–Crippen MR) is 85.0 cm³/mol. The smallest absolute Gasteiger partial charge is 0.230 e. The molecule has 0 radical (unpaired) electrons. The van der Waals surface area contributed by atoms with E-state index in [0.717, 1.165) is 12.3 Å². The van der Waals surface area contributed by atoms with E-state index in [4.69, 9.17) is 11.6 Å². The number of benzene rings is 1. The van der Waals surface area contributed by atoms with Gasteiger partial charge in [-0.1, -0.05) is 24.1 Å². The molecule has 1 N–H and O–H groups in total. The van der Waals surface area contributed by atoms with Crippen LogP contribution in [-0.2, 0) is 10.5 Å². The second kappa shape index (κ2) is 6.57. The van der Waals surface area contributed by atoms with E-state index in [2.05, 4.69) is 5.32 Å². The quantitative estimate of drug-likeness (QED) is 0.885. The summed E-state index contributed by atoms with van der Waals surface area (Å²) in [4.78, 5) is 12.0. The number of thioether (sulfide) groups is 1. The van der Waals surface area contributed by atoms with Crippen molar-refractivity contribution in [3.63, 3.8) is 0 Å². The molecule has 2 bridgehead atoms. The summed E-state index contributed by atoms with van der Waals surface area (Å²) < 4.78 is 13.6. The Kier molecular flexibility index (Phi) is 4.75. The van der Waals surface area contributed by atoms with Crippen LogP contribution >= 0.6 is 23.4 Å². The average molecular weight is 328 g/mol. The van der Waals surface area contributed by atoms with Crippen LogP contribution in [0.25, 0.3) is 0 Å². The summed E-state index contributed by atoms with van der Waals surface area (Å²) in [6.45, 7) is 0. The summed E-state index contributed by atoms with van der Waals surface area (Å²) in [6.07, 6.45) is 5.01. The summed E-state index contributed by atoms with van der Waals surface area (Å²) in [6, 6.07) is 5.04. The molecule has 0 aromatic heterocycles. The van der Waals surface area contributed by atoms with Gasteiger partial charge in [-0.15, -0.1) is 11.8 Å². The van der Waals surface area contributed by atoms with Gasteiger partial charge in [0, 0.05) is 22.4 Å². The molecule has 2 fully saturated rings. The van der Waals surface area contributed by atoms with E-state index in [1.54, 1.807) is 12.1 Å². The van der Waals surface area contributed by atoms with Crippen LogP contribution in [0.2, 0.25) is 5.02 Å². The number of hydrogen-bond acceptors (Lipinski definition) is 2. The summed E-state index contributed by atoms with van der Waals surface area (Å²) in [5, 5.41) is 3.57. The fourth-order valence-electron chi connectivity index (χ4n) is 3.59. The van der Waals surface area contributed by atoms with Crippen LogP contribution in [0.15, 0.2) is 18.2 Å². The van der Waals surface area contributed by atoms with E-state index < -0.39 is 0 Å². The van der Waals surface area contributed by atoms with Gasteiger partial charge < -0.3 is 5.32 Å². The molecule has 2 saturated carbocycles. The normalized spacial score (nSPS) is 27.0. The maximum absolute atomic E-state index is 13.6. The molecule has 3 atom stereocenters. The van der Waals surface area contributed by atoms with E-state index >= 15 is 0 Å². The highest BCUT2D eigenvalue weighted by atomic mass is 35.5. The highest BCUT2D eigenvalue weighted by molar-refractivity contribution is 7.99. The standard InChI is InChI=1S/C16H19ClFNOS/c17-13-2-1-3-14(18)12(13)8-21-9-16(20)19-15-7-10-4-5-11(15)6-10/h1-3,10-11,15H,4-9H2,(H,19,20)/t10-,11-,15-/m0/s1. The molecular weight excluding hydrogens is 309 g/mol. The maximum atomic E-state index is 13.6. The number of carbonyl (C=O) groups is 1. The zero-order chi connectivity index (χ0) is 14.8. The third kappa shape index (κ3) is 3.54. The highest BCUT2D eigenvalue weighted by Gasteiger charge is 2.39. The minimum atomic E-state index is -0.302. The number of halogens is 2. The largest absolute Gasteiger partial charge is 0.352 e. The van der Waals surface area contributed by atoms with Crippen molar-refractivity contribution < 1.29 is 9.18 Å². The third-order valence-corrected chi connectivity index (χ3v) is 5.94. The molecule has 114 valence electrons. The Morgan fingerprint density at radius 3 is 2.90 bits per heavy atom. The van der Waals surface area contributed by atoms with Crippen LogP contribution in [0.5, 0.6) is 0 Å². The number of carbonyl (C=O) groups excluding carboxylic acids is 1. The first kappa shape index (κ1) is 15.2. The number of fused-ring (bicyclic) bond motifs is 2. The summed E-state index contributed by atoms with van der Waals surface area (Å²) >= 11 is 7.38. The monoisotopic (exact) mass is 327 g/mol. The molecule has 1 aromatic carbocycles. The van der Waals surface area contributed by atoms with Gasteiger partial charge in [0.2, 0.25) is 5.91 Å². The minimum Gasteiger partial charge on any atom is -0.352 e. The minimum absolute atomic E-state index is 0.0602. The van der Waals surface area contributed by atoms with Crippen molar-refractivity contribution in [3.05, 3.63) is 34.6 Å². The van der Waals surface area contributed by atoms with E-state index in [0.29, 0.717) is 34.1 Å². The van der Waals surface area contributed by atoms with Gasteiger partial charge in [0.25, 0.3) is 0 Å². The molecular formula is C16H19ClFNOS. The van der Waals surface area contributed by atoms with E-state index in [9.17, 15) is 9.18 Å². The predicted octanol–water partition coefficient (Wildman–Crippen LogP) is 4.02. The van der Waals surface area contributed by atoms with Gasteiger partial charge in [-0.3, -0.25) is 4.79 Å². The zero-order valence-corrected chi connectivity index (χ0v) is 13.4. The van der Waals surface area contributed by atoms with Gasteiger partial charge in [-0.05, 0) is 43.2 Å². The second-order valence-corrected chi connectivity index (χ2v) is 7.43. The Bertz CT molecular complexity index is 519. The molecule has 2 aliphatic rings. The molecule has 1 aromatic rings. The Morgan fingerprint density at radius 2 is 2.24 bits per heavy atom. The Hall–Kier alpha value is -0.740. The lowest BCUT2D eigenvalue weighted by molar-refractivity contribution is -0.119. The van der Waals surface area contributed by atoms with Crippen LogP contribution in [0.4, 0.5) is 4.39 Å². The first-order valence-electron chi connectivity index (χ1n) is 7.43. The van der Waals surface area contributed by atoms with E-state index in [1.807, 2.05) is 0 Å². The molecule has 0 aliphatic heterocycles. The lowest BCUT2D eigenvalue weighted by Gasteiger charge is -2.22. The molecule has 0 saturated heterocycles. The number of hydrogen-bond donors (Lipinski definition) is 1. The van der Waals surface area contributed by atoms with Crippen molar-refractivity contribution in [3.8, 4) is 0 Å². The van der Waals surface area contributed by atoms with E-state index in [-0.39, 0.29) is 11.7 Å². The van der Waals surface area contributed by atoms with Crippen molar-refractivity contribution in [2.24, 2.45) is 11.8 Å². The fraction of sp³-hybridized carbons (Fsp3) is 0.562. The SMILES string of the molecule is O=C(CSCc1c(F)cccc1Cl)N[C@H]1C[C@H]2CC[C@H]1C2. The van der Waals surface area contributed by atoms with E-state index in [1.165, 1.54) is 37.1 Å². The molecule has 21 heavy (non-hydrogen) atoms. The van der Waals surface area contributed by atoms with Crippen molar-refractivity contribution in [2.45, 2.75) is 37.5 Å². The fourth-order valence-corrected chi connectivity index (χ4v) is 4.76. The first-order valence-corrected chi connectivity index (χ1v) is 8.96. The summed E-state index contributed by atoms with van der Waals surface area (Å²) in [7, 11) is 0. The number of amides is 1. The topological polar surface area (TPSA) is 29.1 Å². The molecule has 1 amide bonds. The van der Waals surface area contributed by atoms with Gasteiger partial charge in [-0.25, -0.2) is 4.39 Å². The molecule has 2 nitrogen and oxygen atoms in total. The first-order chi connectivity index (χ1) is 10.1. The maximum Gasteiger partial charge on any atom is 0.230 e. The summed E-state index contributed by atoms with van der Waals surface area (Å²) in [5.41, 5.74) is 0.483. The molecule has 3 rings (SSSR count). The zero-order valence-electron chi connectivity index (χ0n) is 11.8. The van der Waals surface area contributed by atoms with Crippen LogP contribution in [0.1, 0.15) is 31.2 Å². The van der Waals surface area contributed by atoms with Gasteiger partial charge in [0.15, 0.2) is 0 Å². The number of rotatable bonds is 5. The van der Waals surface area contributed by atoms with Crippen molar-refractivity contribution >= 4 is 29.3 Å². The second-order valence-electron chi connectivity index (χ2n) is 6.04. The van der Waals surface area contributed by atoms with Gasteiger partial charge >= 0.3 is 0 Å². The van der Waals surface area contributed by atoms with Crippen molar-refractivity contribution in [1.29, 1.82) is 0 Å². The Balaban J connectivity index is 1.44. The van der Waals surface area contributed by atoms with Crippen LogP contribution in [0.3, 0.4) is 0 Å². The summed E-state index contributed by atoms with van der Waals surface area (Å²) in [5.74, 6) is 2.05. The molecule has 0 heterocycles. The van der Waals surface area contributed by atoms with Crippen molar-refractivity contribution in [1.82, 2.24) is 5.32 Å². The van der Waals surface area contributed by atoms with Crippen LogP contribution < -0.4 is 5.32 Å². The lowest BCUT2D eigenvalue weighted by Crippen LogP contribution is -2.39. The van der Waals surface area contributed by atoms with Gasteiger partial charge in [0.05, 0.1) is 5.75 Å². The Morgan fingerprint density at radius 1 is 1.38 bits per heavy atom. The third-order valence-electron chi connectivity index (χ3n) is 4.63. The van der Waals surface area contributed by atoms with Gasteiger partial charge in [0.1, 0.15) is 5.82 Å². The van der Waals surface area contributed by atoms with Gasteiger partial charge in [-0.2, -0.15) is 0 Å². The molecule has 0 spiro atoms. The van der Waals surface area contributed by atoms with Crippen molar-refractivity contribution in [2.75, 3.05) is 5.75 Å². The molecule has 5 heteroatoms.